The van der Waals surface area contributed by atoms with Gasteiger partial charge in [-0.05, 0) is 36.8 Å². The van der Waals surface area contributed by atoms with Gasteiger partial charge >= 0.3 is 5.97 Å². The van der Waals surface area contributed by atoms with Gasteiger partial charge in [0.1, 0.15) is 9.71 Å². The Morgan fingerprint density at radius 3 is 2.61 bits per heavy atom. The molecule has 0 aliphatic heterocycles. The molecule has 2 heterocycles. The lowest BCUT2D eigenvalue weighted by Crippen LogP contribution is -2.31. The number of hydrogen-bond donors (Lipinski definition) is 3. The molecule has 0 unspecified atom stereocenters. The molecule has 144 valence electrons. The Bertz CT molecular complexity index is 1150. The van der Waals surface area contributed by atoms with E-state index in [2.05, 4.69) is 31.2 Å². The van der Waals surface area contributed by atoms with Crippen LogP contribution in [0.2, 0.25) is 0 Å². The zero-order chi connectivity index (χ0) is 20.4. The fraction of sp³-hybridized carbons (Fsp3) is 0.118. The number of thioether (sulfide) groups is 1. The van der Waals surface area contributed by atoms with Crippen LogP contribution >= 0.6 is 39.0 Å². The van der Waals surface area contributed by atoms with Gasteiger partial charge in [0.05, 0.1) is 11.1 Å². The molecule has 0 saturated carbocycles. The quantitative estimate of drug-likeness (QED) is 0.377. The highest BCUT2D eigenvalue weighted by atomic mass is 79.9. The lowest BCUT2D eigenvalue weighted by molar-refractivity contribution is -0.117. The highest BCUT2D eigenvalue weighted by molar-refractivity contribution is 9.10. The second-order valence-corrected chi connectivity index (χ2v) is 8.46. The number of carboxylic acids is 1. The number of carboxylic acid groups (broad SMARTS) is 1. The van der Waals surface area contributed by atoms with Crippen LogP contribution in [0.3, 0.4) is 0 Å². The summed E-state index contributed by atoms with van der Waals surface area (Å²) in [5.41, 5.74) is 0.223. The molecule has 3 N–H and O–H groups in total. The Kier molecular flexibility index (Phi) is 5.96. The van der Waals surface area contributed by atoms with Crippen LogP contribution in [0.25, 0.3) is 10.2 Å². The summed E-state index contributed by atoms with van der Waals surface area (Å²) in [6.45, 7) is 1.55. The third-order valence-electron chi connectivity index (χ3n) is 3.67. The Morgan fingerprint density at radius 2 is 1.96 bits per heavy atom. The minimum atomic E-state index is -1.13. The first-order valence-corrected chi connectivity index (χ1v) is 10.3. The van der Waals surface area contributed by atoms with E-state index in [0.717, 1.165) is 27.6 Å². The van der Waals surface area contributed by atoms with Crippen LogP contribution in [0.15, 0.2) is 38.7 Å². The number of aromatic nitrogens is 2. The number of aryl methyl sites for hydroxylation is 1. The van der Waals surface area contributed by atoms with Gasteiger partial charge in [-0.1, -0.05) is 27.7 Å². The Hall–Kier alpha value is -2.50. The summed E-state index contributed by atoms with van der Waals surface area (Å²) < 4.78 is 0.811. The number of fused-ring (bicyclic) bond motifs is 1. The molecule has 0 spiro atoms. The SMILES string of the molecule is Cc1c(C(=O)O)sc2nc(SCC(=O)NC(=O)c3ccc(Br)cc3)[nH]c(=O)c12. The molecular formula is C17H12BrN3O5S2. The van der Waals surface area contributed by atoms with E-state index in [1.807, 2.05) is 0 Å². The van der Waals surface area contributed by atoms with Crippen molar-refractivity contribution in [3.63, 3.8) is 0 Å². The van der Waals surface area contributed by atoms with Gasteiger partial charge in [-0.3, -0.25) is 19.7 Å². The number of imide groups is 1. The predicted molar refractivity (Wildman–Crippen MR) is 109 cm³/mol. The van der Waals surface area contributed by atoms with E-state index < -0.39 is 23.3 Å². The number of nitrogens with one attached hydrogen (secondary N) is 2. The molecule has 0 aliphatic rings. The van der Waals surface area contributed by atoms with E-state index in [1.165, 1.54) is 0 Å². The topological polar surface area (TPSA) is 129 Å². The van der Waals surface area contributed by atoms with Crippen LogP contribution < -0.4 is 10.9 Å². The smallest absolute Gasteiger partial charge is 0.346 e. The van der Waals surface area contributed by atoms with Crippen molar-refractivity contribution in [2.75, 3.05) is 5.75 Å². The molecule has 8 nitrogen and oxygen atoms in total. The van der Waals surface area contributed by atoms with Gasteiger partial charge in [-0.15, -0.1) is 11.3 Å². The summed E-state index contributed by atoms with van der Waals surface area (Å²) in [5, 5.41) is 11.8. The van der Waals surface area contributed by atoms with Crippen LogP contribution in [0.5, 0.6) is 0 Å². The van der Waals surface area contributed by atoms with Gasteiger partial charge in [0, 0.05) is 10.0 Å². The molecule has 3 rings (SSSR count). The Morgan fingerprint density at radius 1 is 1.29 bits per heavy atom. The highest BCUT2D eigenvalue weighted by Gasteiger charge is 2.19. The highest BCUT2D eigenvalue weighted by Crippen LogP contribution is 2.28. The summed E-state index contributed by atoms with van der Waals surface area (Å²) in [5.74, 6) is -2.35. The Balaban J connectivity index is 1.70. The lowest BCUT2D eigenvalue weighted by atomic mass is 10.2. The van der Waals surface area contributed by atoms with Crippen LogP contribution in [0.4, 0.5) is 0 Å². The number of rotatable bonds is 5. The van der Waals surface area contributed by atoms with Crippen LogP contribution in [-0.2, 0) is 4.79 Å². The van der Waals surface area contributed by atoms with E-state index in [-0.39, 0.29) is 26.0 Å². The summed E-state index contributed by atoms with van der Waals surface area (Å²) in [6, 6.07) is 6.52. The van der Waals surface area contributed by atoms with Crippen molar-refractivity contribution in [2.24, 2.45) is 0 Å². The summed E-state index contributed by atoms with van der Waals surface area (Å²) in [7, 11) is 0. The first-order valence-electron chi connectivity index (χ1n) is 7.75. The lowest BCUT2D eigenvalue weighted by Gasteiger charge is -2.04. The van der Waals surface area contributed by atoms with Gasteiger partial charge in [0.15, 0.2) is 5.16 Å². The largest absolute Gasteiger partial charge is 0.477 e. The molecule has 2 aromatic heterocycles. The Labute approximate surface area is 174 Å². The minimum absolute atomic E-state index is 0.0491. The normalized spacial score (nSPS) is 10.8. The van der Waals surface area contributed by atoms with E-state index in [9.17, 15) is 24.3 Å². The number of H-pyrrole nitrogens is 1. The minimum Gasteiger partial charge on any atom is -0.477 e. The molecule has 0 fully saturated rings. The molecule has 1 aromatic carbocycles. The number of aromatic carboxylic acids is 1. The summed E-state index contributed by atoms with van der Waals surface area (Å²) in [4.78, 5) is 54.6. The van der Waals surface area contributed by atoms with Crippen molar-refractivity contribution >= 4 is 67.0 Å². The van der Waals surface area contributed by atoms with Gasteiger partial charge in [0.25, 0.3) is 11.5 Å². The number of nitrogens with zero attached hydrogens (tertiary/aromatic N) is 1. The van der Waals surface area contributed by atoms with Crippen LogP contribution in [-0.4, -0.2) is 38.6 Å². The number of carbonyl (C=O) groups excluding carboxylic acids is 2. The van der Waals surface area contributed by atoms with Crippen molar-refractivity contribution in [1.82, 2.24) is 15.3 Å². The van der Waals surface area contributed by atoms with Gasteiger partial charge in [0.2, 0.25) is 5.91 Å². The predicted octanol–water partition coefficient (Wildman–Crippen LogP) is 2.80. The summed E-state index contributed by atoms with van der Waals surface area (Å²) in [6.07, 6.45) is 0. The summed E-state index contributed by atoms with van der Waals surface area (Å²) >= 11 is 5.11. The molecule has 0 bridgehead atoms. The maximum absolute atomic E-state index is 12.2. The molecule has 11 heteroatoms. The first-order chi connectivity index (χ1) is 13.3. The van der Waals surface area contributed by atoms with E-state index in [4.69, 9.17) is 0 Å². The van der Waals surface area contributed by atoms with Gasteiger partial charge < -0.3 is 10.1 Å². The van der Waals surface area contributed by atoms with Crippen molar-refractivity contribution in [3.8, 4) is 0 Å². The number of aromatic amines is 1. The van der Waals surface area contributed by atoms with E-state index in [0.29, 0.717) is 11.1 Å². The standard InChI is InChI=1S/C17H12BrN3O5S2/c1-7-11-14(24)20-17(21-15(11)28-12(7)16(25)26)27-6-10(22)19-13(23)8-2-4-9(18)5-3-8/h2-5H,6H2,1H3,(H,25,26)(H,19,22,23)(H,20,21,24). The zero-order valence-electron chi connectivity index (χ0n) is 14.2. The maximum Gasteiger partial charge on any atom is 0.346 e. The fourth-order valence-corrected chi connectivity index (χ4v) is 4.37. The maximum atomic E-state index is 12.2. The second kappa shape index (κ2) is 8.25. The van der Waals surface area contributed by atoms with Crippen molar-refractivity contribution in [1.29, 1.82) is 0 Å². The molecule has 28 heavy (non-hydrogen) atoms. The molecule has 0 atom stereocenters. The van der Waals surface area contributed by atoms with Crippen molar-refractivity contribution in [3.05, 3.63) is 55.1 Å². The van der Waals surface area contributed by atoms with Gasteiger partial charge in [-0.25, -0.2) is 9.78 Å². The van der Waals surface area contributed by atoms with Crippen molar-refractivity contribution in [2.45, 2.75) is 12.1 Å². The molecule has 2 amide bonds. The molecule has 3 aromatic rings. The number of halogens is 1. The number of hydrogen-bond acceptors (Lipinski definition) is 7. The third kappa shape index (κ3) is 4.32. The fourth-order valence-electron chi connectivity index (χ4n) is 2.37. The van der Waals surface area contributed by atoms with Crippen molar-refractivity contribution < 1.29 is 19.5 Å². The number of amides is 2. The average molecular weight is 482 g/mol. The van der Waals surface area contributed by atoms with Gasteiger partial charge in [-0.2, -0.15) is 0 Å². The number of benzene rings is 1. The van der Waals surface area contributed by atoms with E-state index >= 15 is 0 Å². The third-order valence-corrected chi connectivity index (χ3v) is 6.25. The molecule has 0 aliphatic carbocycles. The van der Waals surface area contributed by atoms with Crippen LogP contribution in [0, 0.1) is 6.92 Å². The number of carbonyl (C=O) groups is 3. The van der Waals surface area contributed by atoms with E-state index in [1.54, 1.807) is 31.2 Å². The molecular weight excluding hydrogens is 470 g/mol. The number of thiophene rings is 1. The first kappa shape index (κ1) is 20.2. The van der Waals surface area contributed by atoms with Crippen LogP contribution in [0.1, 0.15) is 25.6 Å². The second-order valence-electron chi connectivity index (χ2n) is 5.59. The average Bonchev–Trinajstić information content (AvgIpc) is 2.98. The monoisotopic (exact) mass is 481 g/mol. The molecule has 0 saturated heterocycles. The zero-order valence-corrected chi connectivity index (χ0v) is 17.5. The molecule has 0 radical (unpaired) electrons.